The van der Waals surface area contributed by atoms with Gasteiger partial charge in [-0.3, -0.25) is 9.59 Å². The highest BCUT2D eigenvalue weighted by atomic mass is 16.5. The van der Waals surface area contributed by atoms with Crippen LogP contribution in [0.15, 0.2) is 0 Å². The molecule has 2 saturated heterocycles. The Morgan fingerprint density at radius 1 is 1.55 bits per heavy atom. The van der Waals surface area contributed by atoms with E-state index in [1.165, 1.54) is 0 Å². The number of piperidine rings is 1. The normalized spacial score (nSPS) is 36.2. The fraction of sp³-hybridized carbons (Fsp3) is 0.867. The first kappa shape index (κ1) is 15.3. The number of rotatable bonds is 4. The van der Waals surface area contributed by atoms with Crippen LogP contribution in [0.25, 0.3) is 0 Å². The third kappa shape index (κ3) is 3.51. The van der Waals surface area contributed by atoms with Gasteiger partial charge in [0.2, 0.25) is 11.8 Å². The standard InChI is InChI=1S/C15H26N2O3/c1-10(11-4-6-17-13(18)8-11)7-12-3-5-15(2,9-20-12)14(16)19/h10-12H,3-9H2,1-2H3,(H2,16,19)(H,17,18). The van der Waals surface area contributed by atoms with Gasteiger partial charge in [-0.05, 0) is 44.4 Å². The Kier molecular flexibility index (Phi) is 4.68. The quantitative estimate of drug-likeness (QED) is 0.813. The van der Waals surface area contributed by atoms with E-state index in [0.717, 1.165) is 32.2 Å². The summed E-state index contributed by atoms with van der Waals surface area (Å²) in [4.78, 5) is 22.8. The van der Waals surface area contributed by atoms with E-state index in [4.69, 9.17) is 10.5 Å². The van der Waals surface area contributed by atoms with E-state index in [-0.39, 0.29) is 17.9 Å². The van der Waals surface area contributed by atoms with Gasteiger partial charge in [-0.2, -0.15) is 0 Å². The van der Waals surface area contributed by atoms with Crippen LogP contribution in [0.3, 0.4) is 0 Å². The van der Waals surface area contributed by atoms with Crippen molar-refractivity contribution in [2.45, 2.75) is 52.1 Å². The van der Waals surface area contributed by atoms with Crippen molar-refractivity contribution in [1.29, 1.82) is 0 Å². The first-order chi connectivity index (χ1) is 9.40. The lowest BCUT2D eigenvalue weighted by atomic mass is 9.78. The van der Waals surface area contributed by atoms with E-state index in [0.29, 0.717) is 24.9 Å². The molecule has 114 valence electrons. The zero-order valence-electron chi connectivity index (χ0n) is 12.5. The van der Waals surface area contributed by atoms with Gasteiger partial charge in [-0.1, -0.05) is 6.92 Å². The monoisotopic (exact) mass is 282 g/mol. The molecule has 20 heavy (non-hydrogen) atoms. The van der Waals surface area contributed by atoms with Crippen LogP contribution in [0.2, 0.25) is 0 Å². The Hall–Kier alpha value is -1.10. The van der Waals surface area contributed by atoms with Crippen molar-refractivity contribution in [3.05, 3.63) is 0 Å². The molecule has 0 spiro atoms. The average molecular weight is 282 g/mol. The molecule has 3 N–H and O–H groups in total. The van der Waals surface area contributed by atoms with Crippen LogP contribution >= 0.6 is 0 Å². The minimum Gasteiger partial charge on any atom is -0.377 e. The van der Waals surface area contributed by atoms with E-state index in [9.17, 15) is 9.59 Å². The smallest absolute Gasteiger partial charge is 0.225 e. The van der Waals surface area contributed by atoms with Crippen molar-refractivity contribution in [2.75, 3.05) is 13.2 Å². The van der Waals surface area contributed by atoms with Gasteiger partial charge >= 0.3 is 0 Å². The minimum absolute atomic E-state index is 0.166. The summed E-state index contributed by atoms with van der Waals surface area (Å²) in [5.41, 5.74) is 4.91. The van der Waals surface area contributed by atoms with E-state index < -0.39 is 5.41 Å². The fourth-order valence-electron chi connectivity index (χ4n) is 3.22. The molecule has 2 rings (SSSR count). The zero-order valence-corrected chi connectivity index (χ0v) is 12.5. The Morgan fingerprint density at radius 3 is 2.85 bits per heavy atom. The molecule has 0 bridgehead atoms. The Labute approximate surface area is 120 Å². The number of nitrogens with one attached hydrogen (secondary N) is 1. The van der Waals surface area contributed by atoms with E-state index in [2.05, 4.69) is 12.2 Å². The van der Waals surface area contributed by atoms with Crippen molar-refractivity contribution in [3.63, 3.8) is 0 Å². The van der Waals surface area contributed by atoms with Crippen LogP contribution < -0.4 is 11.1 Å². The highest BCUT2D eigenvalue weighted by molar-refractivity contribution is 5.80. The van der Waals surface area contributed by atoms with Gasteiger partial charge in [0.1, 0.15) is 0 Å². The number of hydrogen-bond donors (Lipinski definition) is 2. The van der Waals surface area contributed by atoms with Crippen LogP contribution in [0, 0.1) is 17.3 Å². The number of nitrogens with two attached hydrogens (primary N) is 1. The molecule has 2 fully saturated rings. The van der Waals surface area contributed by atoms with Crippen molar-refractivity contribution in [1.82, 2.24) is 5.32 Å². The SMILES string of the molecule is CC(CC1CCC(C)(C(N)=O)CO1)C1CCNC(=O)C1. The lowest BCUT2D eigenvalue weighted by molar-refractivity contribution is -0.139. The lowest BCUT2D eigenvalue weighted by Crippen LogP contribution is -2.44. The summed E-state index contributed by atoms with van der Waals surface area (Å²) < 4.78 is 5.84. The summed E-state index contributed by atoms with van der Waals surface area (Å²) in [6.45, 7) is 5.29. The van der Waals surface area contributed by atoms with Crippen LogP contribution in [0.5, 0.6) is 0 Å². The first-order valence-corrected chi connectivity index (χ1v) is 7.59. The zero-order chi connectivity index (χ0) is 14.8. The molecule has 0 saturated carbocycles. The molecule has 0 aromatic heterocycles. The number of carbonyl (C=O) groups excluding carboxylic acids is 2. The topological polar surface area (TPSA) is 81.4 Å². The highest BCUT2D eigenvalue weighted by Crippen LogP contribution is 2.34. The molecule has 5 nitrogen and oxygen atoms in total. The molecular weight excluding hydrogens is 256 g/mol. The first-order valence-electron chi connectivity index (χ1n) is 7.59. The number of hydrogen-bond acceptors (Lipinski definition) is 3. The summed E-state index contributed by atoms with van der Waals surface area (Å²) in [5, 5.41) is 2.87. The molecule has 0 aromatic rings. The summed E-state index contributed by atoms with van der Waals surface area (Å²) in [6.07, 6.45) is 4.52. The van der Waals surface area contributed by atoms with Crippen LogP contribution in [0.4, 0.5) is 0 Å². The highest BCUT2D eigenvalue weighted by Gasteiger charge is 2.37. The second kappa shape index (κ2) is 6.12. The molecule has 2 amide bonds. The molecule has 2 aliphatic rings. The summed E-state index contributed by atoms with van der Waals surface area (Å²) in [5.74, 6) is 0.827. The molecule has 0 aliphatic carbocycles. The second-order valence-corrected chi connectivity index (χ2v) is 6.71. The molecule has 2 heterocycles. The molecule has 4 atom stereocenters. The molecular formula is C15H26N2O3. The van der Waals surface area contributed by atoms with Gasteiger partial charge in [0, 0.05) is 13.0 Å². The van der Waals surface area contributed by atoms with Gasteiger partial charge in [-0.25, -0.2) is 0 Å². The maximum atomic E-state index is 11.4. The second-order valence-electron chi connectivity index (χ2n) is 6.71. The predicted molar refractivity (Wildman–Crippen MR) is 75.8 cm³/mol. The van der Waals surface area contributed by atoms with Gasteiger partial charge < -0.3 is 15.8 Å². The average Bonchev–Trinajstić information content (AvgIpc) is 2.41. The minimum atomic E-state index is -0.509. The van der Waals surface area contributed by atoms with Gasteiger partial charge in [0.05, 0.1) is 18.1 Å². The van der Waals surface area contributed by atoms with Crippen LogP contribution in [-0.2, 0) is 14.3 Å². The van der Waals surface area contributed by atoms with Crippen molar-refractivity contribution < 1.29 is 14.3 Å². The number of primary amides is 1. The van der Waals surface area contributed by atoms with E-state index >= 15 is 0 Å². The Morgan fingerprint density at radius 2 is 2.30 bits per heavy atom. The largest absolute Gasteiger partial charge is 0.377 e. The van der Waals surface area contributed by atoms with Crippen molar-refractivity contribution in [3.8, 4) is 0 Å². The Bertz CT molecular complexity index is 375. The Balaban J connectivity index is 1.80. The molecule has 4 unspecified atom stereocenters. The summed E-state index contributed by atoms with van der Waals surface area (Å²) in [6, 6.07) is 0. The van der Waals surface area contributed by atoms with Gasteiger partial charge in [-0.15, -0.1) is 0 Å². The van der Waals surface area contributed by atoms with Crippen LogP contribution in [-0.4, -0.2) is 31.1 Å². The lowest BCUT2D eigenvalue weighted by Gasteiger charge is -2.37. The van der Waals surface area contributed by atoms with E-state index in [1.807, 2.05) is 6.92 Å². The summed E-state index contributed by atoms with van der Waals surface area (Å²) in [7, 11) is 0. The predicted octanol–water partition coefficient (Wildman–Crippen LogP) is 1.21. The van der Waals surface area contributed by atoms with Crippen molar-refractivity contribution >= 4 is 11.8 Å². The van der Waals surface area contributed by atoms with Crippen LogP contribution in [0.1, 0.15) is 46.0 Å². The molecule has 2 aliphatic heterocycles. The molecule has 5 heteroatoms. The van der Waals surface area contributed by atoms with Gasteiger partial charge in [0.15, 0.2) is 0 Å². The fourth-order valence-corrected chi connectivity index (χ4v) is 3.22. The number of carbonyl (C=O) groups is 2. The number of amides is 2. The third-order valence-corrected chi connectivity index (χ3v) is 4.97. The van der Waals surface area contributed by atoms with E-state index in [1.54, 1.807) is 0 Å². The maximum Gasteiger partial charge on any atom is 0.225 e. The third-order valence-electron chi connectivity index (χ3n) is 4.97. The molecule has 0 aromatic carbocycles. The number of ether oxygens (including phenoxy) is 1. The molecule has 0 radical (unpaired) electrons. The van der Waals surface area contributed by atoms with Crippen molar-refractivity contribution in [2.24, 2.45) is 23.0 Å². The maximum absolute atomic E-state index is 11.4. The van der Waals surface area contributed by atoms with Gasteiger partial charge in [0.25, 0.3) is 0 Å². The summed E-state index contributed by atoms with van der Waals surface area (Å²) >= 11 is 0.